The molecule has 4 aromatic rings. The molecule has 0 atom stereocenters. The molecule has 1 amide bonds. The Labute approximate surface area is 211 Å². The molecule has 10 heteroatoms. The van der Waals surface area contributed by atoms with Gasteiger partial charge in [-0.3, -0.25) is 14.9 Å². The van der Waals surface area contributed by atoms with Gasteiger partial charge in [0.25, 0.3) is 11.6 Å². The highest BCUT2D eigenvalue weighted by molar-refractivity contribution is 7.99. The second-order valence-corrected chi connectivity index (χ2v) is 8.87. The van der Waals surface area contributed by atoms with Crippen LogP contribution in [0.15, 0.2) is 77.0 Å². The Kier molecular flexibility index (Phi) is 7.86. The van der Waals surface area contributed by atoms with Crippen molar-refractivity contribution >= 4 is 40.3 Å². The lowest BCUT2D eigenvalue weighted by Gasteiger charge is -2.12. The molecule has 1 aromatic heterocycles. The summed E-state index contributed by atoms with van der Waals surface area (Å²) in [5.41, 5.74) is 5.58. The zero-order valence-corrected chi connectivity index (χ0v) is 20.5. The number of fused-ring (bicyclic) bond motifs is 1. The number of nitro groups is 1. The van der Waals surface area contributed by atoms with Crippen molar-refractivity contribution in [3.63, 3.8) is 0 Å². The van der Waals surface area contributed by atoms with Crippen molar-refractivity contribution in [3.05, 3.63) is 99.4 Å². The van der Waals surface area contributed by atoms with E-state index in [0.29, 0.717) is 22.0 Å². The van der Waals surface area contributed by atoms with Crippen LogP contribution in [0.4, 0.5) is 5.69 Å². The van der Waals surface area contributed by atoms with E-state index in [4.69, 9.17) is 4.74 Å². The summed E-state index contributed by atoms with van der Waals surface area (Å²) in [5.74, 6) is 0.362. The number of hydrazone groups is 1. The Morgan fingerprint density at radius 3 is 2.64 bits per heavy atom. The summed E-state index contributed by atoms with van der Waals surface area (Å²) in [6.07, 6.45) is 1.54. The third-order valence-corrected chi connectivity index (χ3v) is 5.97. The van der Waals surface area contributed by atoms with Gasteiger partial charge in [0.05, 0.1) is 16.9 Å². The molecule has 36 heavy (non-hydrogen) atoms. The van der Waals surface area contributed by atoms with Gasteiger partial charge in [-0.05, 0) is 42.3 Å². The van der Waals surface area contributed by atoms with Gasteiger partial charge < -0.3 is 4.74 Å². The maximum absolute atomic E-state index is 12.3. The van der Waals surface area contributed by atoms with E-state index in [0.717, 1.165) is 22.2 Å². The van der Waals surface area contributed by atoms with E-state index < -0.39 is 4.92 Å². The van der Waals surface area contributed by atoms with E-state index in [1.165, 1.54) is 23.9 Å². The van der Waals surface area contributed by atoms with E-state index in [1.807, 2.05) is 56.3 Å². The number of aromatic nitrogens is 2. The van der Waals surface area contributed by atoms with Crippen LogP contribution in [-0.4, -0.2) is 32.8 Å². The highest BCUT2D eigenvalue weighted by Gasteiger charge is 2.11. The lowest BCUT2D eigenvalue weighted by atomic mass is 10.0. The average molecular weight is 502 g/mol. The van der Waals surface area contributed by atoms with Crippen molar-refractivity contribution in [1.82, 2.24) is 15.4 Å². The normalized spacial score (nSPS) is 11.1. The average Bonchev–Trinajstić information content (AvgIpc) is 2.86. The van der Waals surface area contributed by atoms with Crippen LogP contribution in [-0.2, 0) is 11.4 Å². The third-order valence-electron chi connectivity index (χ3n) is 5.12. The molecule has 0 fully saturated rings. The smallest absolute Gasteiger partial charge is 0.269 e. The van der Waals surface area contributed by atoms with E-state index in [1.54, 1.807) is 18.3 Å². The lowest BCUT2D eigenvalue weighted by molar-refractivity contribution is -0.384. The molecule has 0 saturated heterocycles. The summed E-state index contributed by atoms with van der Waals surface area (Å²) in [5, 5.41) is 17.6. The van der Waals surface area contributed by atoms with Crippen LogP contribution in [0.3, 0.4) is 0 Å². The first kappa shape index (κ1) is 24.8. The molecule has 0 saturated carbocycles. The van der Waals surface area contributed by atoms with E-state index in [9.17, 15) is 14.9 Å². The maximum atomic E-state index is 12.3. The van der Waals surface area contributed by atoms with Crippen molar-refractivity contribution in [2.24, 2.45) is 5.10 Å². The number of nitrogens with one attached hydrogen (secondary N) is 1. The molecule has 182 valence electrons. The molecule has 0 aliphatic carbocycles. The predicted octanol–water partition coefficient (Wildman–Crippen LogP) is 4.98. The van der Waals surface area contributed by atoms with Crippen LogP contribution >= 0.6 is 11.8 Å². The Hall–Kier alpha value is -4.31. The zero-order chi connectivity index (χ0) is 25.5. The number of amides is 1. The number of nitrogens with zero attached hydrogens (tertiary/aromatic N) is 4. The highest BCUT2D eigenvalue weighted by atomic mass is 32.2. The zero-order valence-electron chi connectivity index (χ0n) is 19.7. The molecule has 0 bridgehead atoms. The fraction of sp³-hybridized carbons (Fsp3) is 0.154. The van der Waals surface area contributed by atoms with Gasteiger partial charge in [-0.1, -0.05) is 54.2 Å². The first-order chi connectivity index (χ1) is 17.4. The summed E-state index contributed by atoms with van der Waals surface area (Å²) in [4.78, 5) is 31.6. The van der Waals surface area contributed by atoms with Crippen molar-refractivity contribution < 1.29 is 14.5 Å². The van der Waals surface area contributed by atoms with Gasteiger partial charge in [0.1, 0.15) is 12.4 Å². The Morgan fingerprint density at radius 2 is 1.86 bits per heavy atom. The van der Waals surface area contributed by atoms with Gasteiger partial charge in [-0.25, -0.2) is 15.4 Å². The summed E-state index contributed by atoms with van der Waals surface area (Å²) < 4.78 is 6.00. The predicted molar refractivity (Wildman–Crippen MR) is 139 cm³/mol. The largest absolute Gasteiger partial charge is 0.488 e. The highest BCUT2D eigenvalue weighted by Crippen LogP contribution is 2.28. The van der Waals surface area contributed by atoms with Crippen molar-refractivity contribution in [3.8, 4) is 5.75 Å². The fourth-order valence-electron chi connectivity index (χ4n) is 3.54. The molecule has 0 radical (unpaired) electrons. The summed E-state index contributed by atoms with van der Waals surface area (Å²) in [7, 11) is 0. The molecular formula is C26H23N5O4S. The summed E-state index contributed by atoms with van der Waals surface area (Å²) >= 11 is 1.24. The van der Waals surface area contributed by atoms with Crippen LogP contribution < -0.4 is 10.2 Å². The Bertz CT molecular complexity index is 1440. The molecule has 0 spiro atoms. The minimum Gasteiger partial charge on any atom is -0.488 e. The lowest BCUT2D eigenvalue weighted by Crippen LogP contribution is -2.20. The minimum absolute atomic E-state index is 0.00297. The Balaban J connectivity index is 1.47. The quantitative estimate of drug-likeness (QED) is 0.113. The van der Waals surface area contributed by atoms with Crippen LogP contribution in [0.5, 0.6) is 5.75 Å². The van der Waals surface area contributed by atoms with Crippen LogP contribution in [0, 0.1) is 24.0 Å². The van der Waals surface area contributed by atoms with Gasteiger partial charge in [0, 0.05) is 29.1 Å². The molecule has 1 N–H and O–H groups in total. The molecule has 9 nitrogen and oxygen atoms in total. The minimum atomic E-state index is -0.440. The number of aryl methyl sites for hydroxylation is 2. The number of rotatable bonds is 9. The van der Waals surface area contributed by atoms with E-state index in [-0.39, 0.29) is 24.0 Å². The number of hydrogen-bond donors (Lipinski definition) is 1. The monoisotopic (exact) mass is 501 g/mol. The van der Waals surface area contributed by atoms with Gasteiger partial charge in [-0.2, -0.15) is 5.10 Å². The second-order valence-electron chi connectivity index (χ2n) is 7.93. The van der Waals surface area contributed by atoms with Gasteiger partial charge >= 0.3 is 0 Å². The van der Waals surface area contributed by atoms with E-state index >= 15 is 0 Å². The number of carbonyl (C=O) groups excluding carboxylic acids is 1. The molecule has 1 heterocycles. The first-order valence-electron chi connectivity index (χ1n) is 11.0. The SMILES string of the molecule is Cc1cc(C)nc(SCC(=O)N/N=C\c2c(OCc3cccc([N+](=O)[O-])c3)ccc3ccccc23)n1. The summed E-state index contributed by atoms with van der Waals surface area (Å²) in [6.45, 7) is 3.90. The van der Waals surface area contributed by atoms with Crippen LogP contribution in [0.2, 0.25) is 0 Å². The third kappa shape index (κ3) is 6.42. The number of non-ortho nitro benzene ring substituents is 1. The van der Waals surface area contributed by atoms with Gasteiger partial charge in [-0.15, -0.1) is 0 Å². The number of thioether (sulfide) groups is 1. The number of benzene rings is 3. The van der Waals surface area contributed by atoms with Crippen LogP contribution in [0.25, 0.3) is 10.8 Å². The first-order valence-corrected chi connectivity index (χ1v) is 12.0. The van der Waals surface area contributed by atoms with E-state index in [2.05, 4.69) is 20.5 Å². The standard InChI is InChI=1S/C26H23N5O4S/c1-17-12-18(2)29-26(28-17)36-16-25(32)30-27-14-23-22-9-4-3-7-20(22)10-11-24(23)35-15-19-6-5-8-21(13-19)31(33)34/h3-14H,15-16H2,1-2H3,(H,30,32)/b27-14-. The number of ether oxygens (including phenoxy) is 1. The Morgan fingerprint density at radius 1 is 1.08 bits per heavy atom. The number of nitro benzene ring substituents is 1. The molecule has 0 unspecified atom stereocenters. The number of carbonyl (C=O) groups is 1. The maximum Gasteiger partial charge on any atom is 0.269 e. The second kappa shape index (κ2) is 11.4. The van der Waals surface area contributed by atoms with Crippen LogP contribution in [0.1, 0.15) is 22.5 Å². The van der Waals surface area contributed by atoms with Crippen molar-refractivity contribution in [1.29, 1.82) is 0 Å². The van der Waals surface area contributed by atoms with Crippen molar-refractivity contribution in [2.75, 3.05) is 5.75 Å². The number of hydrogen-bond acceptors (Lipinski definition) is 8. The van der Waals surface area contributed by atoms with Gasteiger partial charge in [0.15, 0.2) is 5.16 Å². The molecule has 4 rings (SSSR count). The van der Waals surface area contributed by atoms with Gasteiger partial charge in [0.2, 0.25) is 0 Å². The van der Waals surface area contributed by atoms with Crippen molar-refractivity contribution in [2.45, 2.75) is 25.6 Å². The topological polar surface area (TPSA) is 120 Å². The molecular weight excluding hydrogens is 478 g/mol. The fourth-order valence-corrected chi connectivity index (χ4v) is 4.29. The molecule has 0 aliphatic rings. The molecule has 0 aliphatic heterocycles. The molecule has 3 aromatic carbocycles. The summed E-state index contributed by atoms with van der Waals surface area (Å²) in [6, 6.07) is 19.7.